The van der Waals surface area contributed by atoms with E-state index in [-0.39, 0.29) is 12.0 Å². The monoisotopic (exact) mass is 334 g/mol. The number of aliphatic hydroxyl groups excluding tert-OH is 1. The Labute approximate surface area is 144 Å². The Kier molecular flexibility index (Phi) is 6.03. The molecule has 1 atom stereocenters. The third-order valence-corrected chi connectivity index (χ3v) is 5.17. The zero-order valence-corrected chi connectivity index (χ0v) is 14.8. The van der Waals surface area contributed by atoms with E-state index in [1.807, 2.05) is 6.92 Å². The summed E-state index contributed by atoms with van der Waals surface area (Å²) in [6, 6.07) is 2.06. The Morgan fingerprint density at radius 3 is 2.83 bits per heavy atom. The number of ether oxygens (including phenoxy) is 1. The normalized spacial score (nSPS) is 24.5. The van der Waals surface area contributed by atoms with Gasteiger partial charge in [-0.1, -0.05) is 0 Å². The standard InChI is InChI=1S/C18H30N4O2/c1-15-11-16(21-17(20-15)22-7-3-2-4-8-22)12-19-13-18(5-9-23)6-10-24-14-18/h11,19,23H,2-10,12-14H2,1H3. The van der Waals surface area contributed by atoms with Crippen LogP contribution in [0.5, 0.6) is 0 Å². The molecule has 24 heavy (non-hydrogen) atoms. The maximum absolute atomic E-state index is 9.32. The molecule has 3 heterocycles. The Morgan fingerprint density at radius 2 is 2.12 bits per heavy atom. The number of piperidine rings is 1. The van der Waals surface area contributed by atoms with E-state index in [1.165, 1.54) is 19.3 Å². The van der Waals surface area contributed by atoms with Crippen molar-refractivity contribution in [1.82, 2.24) is 15.3 Å². The molecule has 2 fully saturated rings. The van der Waals surface area contributed by atoms with E-state index >= 15 is 0 Å². The summed E-state index contributed by atoms with van der Waals surface area (Å²) < 4.78 is 5.55. The largest absolute Gasteiger partial charge is 0.396 e. The second kappa shape index (κ2) is 8.23. The minimum absolute atomic E-state index is 0.0759. The van der Waals surface area contributed by atoms with Gasteiger partial charge in [-0.05, 0) is 45.1 Å². The Balaban J connectivity index is 1.59. The number of anilines is 1. The highest BCUT2D eigenvalue weighted by atomic mass is 16.5. The van der Waals surface area contributed by atoms with Crippen LogP contribution >= 0.6 is 0 Å². The molecule has 1 aromatic rings. The molecule has 6 heteroatoms. The van der Waals surface area contributed by atoms with Gasteiger partial charge in [0.25, 0.3) is 0 Å². The molecule has 2 aliphatic heterocycles. The molecule has 0 aliphatic carbocycles. The van der Waals surface area contributed by atoms with Gasteiger partial charge in [0.2, 0.25) is 5.95 Å². The van der Waals surface area contributed by atoms with Crippen LogP contribution in [0.25, 0.3) is 0 Å². The lowest BCUT2D eigenvalue weighted by Gasteiger charge is -2.28. The topological polar surface area (TPSA) is 70.5 Å². The van der Waals surface area contributed by atoms with Gasteiger partial charge < -0.3 is 20.1 Å². The van der Waals surface area contributed by atoms with Gasteiger partial charge in [-0.15, -0.1) is 0 Å². The molecule has 2 N–H and O–H groups in total. The first-order valence-electron chi connectivity index (χ1n) is 9.20. The molecule has 3 rings (SSSR count). The van der Waals surface area contributed by atoms with Crippen molar-refractivity contribution in [1.29, 1.82) is 0 Å². The average Bonchev–Trinajstić information content (AvgIpc) is 3.04. The van der Waals surface area contributed by atoms with Gasteiger partial charge in [-0.3, -0.25) is 0 Å². The van der Waals surface area contributed by atoms with E-state index in [1.54, 1.807) is 0 Å². The molecule has 0 radical (unpaired) electrons. The van der Waals surface area contributed by atoms with Crippen LogP contribution in [0.2, 0.25) is 0 Å². The molecule has 134 valence electrons. The van der Waals surface area contributed by atoms with Crippen molar-refractivity contribution in [2.24, 2.45) is 5.41 Å². The third-order valence-electron chi connectivity index (χ3n) is 5.17. The van der Waals surface area contributed by atoms with Crippen LogP contribution in [-0.4, -0.2) is 54.5 Å². The molecule has 1 aromatic heterocycles. The average molecular weight is 334 g/mol. The zero-order chi connectivity index (χ0) is 16.8. The lowest BCUT2D eigenvalue weighted by molar-refractivity contribution is 0.124. The van der Waals surface area contributed by atoms with E-state index in [9.17, 15) is 5.11 Å². The summed E-state index contributed by atoms with van der Waals surface area (Å²) in [4.78, 5) is 11.7. The minimum Gasteiger partial charge on any atom is -0.396 e. The van der Waals surface area contributed by atoms with Crippen molar-refractivity contribution in [2.75, 3.05) is 44.4 Å². The fourth-order valence-electron chi connectivity index (χ4n) is 3.71. The van der Waals surface area contributed by atoms with Crippen molar-refractivity contribution < 1.29 is 9.84 Å². The molecule has 2 saturated heterocycles. The van der Waals surface area contributed by atoms with Crippen molar-refractivity contribution >= 4 is 5.95 Å². The lowest BCUT2D eigenvalue weighted by Crippen LogP contribution is -2.36. The van der Waals surface area contributed by atoms with Crippen molar-refractivity contribution in [2.45, 2.75) is 45.6 Å². The van der Waals surface area contributed by atoms with Crippen LogP contribution in [0, 0.1) is 12.3 Å². The first kappa shape index (κ1) is 17.6. The molecule has 2 aliphatic rings. The smallest absolute Gasteiger partial charge is 0.225 e. The summed E-state index contributed by atoms with van der Waals surface area (Å²) in [6.45, 7) is 7.51. The van der Waals surface area contributed by atoms with Crippen LogP contribution in [0.1, 0.15) is 43.5 Å². The van der Waals surface area contributed by atoms with Gasteiger partial charge in [-0.2, -0.15) is 0 Å². The Bertz CT molecular complexity index is 526. The SMILES string of the molecule is Cc1cc(CNCC2(CCO)CCOC2)nc(N2CCCCC2)n1. The second-order valence-corrected chi connectivity index (χ2v) is 7.23. The number of hydrogen-bond acceptors (Lipinski definition) is 6. The first-order chi connectivity index (χ1) is 11.7. The van der Waals surface area contributed by atoms with Crippen LogP contribution < -0.4 is 10.2 Å². The number of hydrogen-bond donors (Lipinski definition) is 2. The van der Waals surface area contributed by atoms with Gasteiger partial charge in [0.05, 0.1) is 12.3 Å². The first-order valence-corrected chi connectivity index (χ1v) is 9.20. The van der Waals surface area contributed by atoms with Crippen molar-refractivity contribution in [3.05, 3.63) is 17.5 Å². The number of nitrogens with one attached hydrogen (secondary N) is 1. The van der Waals surface area contributed by atoms with Gasteiger partial charge >= 0.3 is 0 Å². The fourth-order valence-corrected chi connectivity index (χ4v) is 3.71. The van der Waals surface area contributed by atoms with E-state index < -0.39 is 0 Å². The minimum atomic E-state index is 0.0759. The predicted octanol–water partition coefficient (Wildman–Crippen LogP) is 1.65. The molecule has 0 spiro atoms. The van der Waals surface area contributed by atoms with Crippen LogP contribution in [-0.2, 0) is 11.3 Å². The molecule has 0 saturated carbocycles. The summed E-state index contributed by atoms with van der Waals surface area (Å²) in [5.74, 6) is 0.876. The molecule has 0 amide bonds. The maximum Gasteiger partial charge on any atom is 0.225 e. The maximum atomic E-state index is 9.32. The zero-order valence-electron chi connectivity index (χ0n) is 14.8. The van der Waals surface area contributed by atoms with E-state index in [0.717, 1.165) is 69.6 Å². The summed E-state index contributed by atoms with van der Waals surface area (Å²) in [5, 5.41) is 12.8. The number of aliphatic hydroxyl groups is 1. The summed E-state index contributed by atoms with van der Waals surface area (Å²) >= 11 is 0. The van der Waals surface area contributed by atoms with Gasteiger partial charge in [0.1, 0.15) is 0 Å². The predicted molar refractivity (Wildman–Crippen MR) is 94.1 cm³/mol. The highest BCUT2D eigenvalue weighted by Gasteiger charge is 2.33. The number of nitrogens with zero attached hydrogens (tertiary/aromatic N) is 3. The van der Waals surface area contributed by atoms with Gasteiger partial charge in [0, 0.05) is 50.5 Å². The van der Waals surface area contributed by atoms with Gasteiger partial charge in [0.15, 0.2) is 0 Å². The number of aromatic nitrogens is 2. The number of aryl methyl sites for hydroxylation is 1. The molecule has 1 unspecified atom stereocenters. The third kappa shape index (κ3) is 4.43. The summed E-state index contributed by atoms with van der Waals surface area (Å²) in [6.07, 6.45) is 5.58. The van der Waals surface area contributed by atoms with E-state index in [2.05, 4.69) is 21.3 Å². The molecular weight excluding hydrogens is 304 g/mol. The Morgan fingerprint density at radius 1 is 1.29 bits per heavy atom. The van der Waals surface area contributed by atoms with Crippen LogP contribution in [0.4, 0.5) is 5.95 Å². The van der Waals surface area contributed by atoms with E-state index in [4.69, 9.17) is 9.72 Å². The summed E-state index contributed by atoms with van der Waals surface area (Å²) in [7, 11) is 0. The van der Waals surface area contributed by atoms with Gasteiger partial charge in [-0.25, -0.2) is 9.97 Å². The highest BCUT2D eigenvalue weighted by molar-refractivity contribution is 5.32. The summed E-state index contributed by atoms with van der Waals surface area (Å²) in [5.41, 5.74) is 2.14. The van der Waals surface area contributed by atoms with Crippen molar-refractivity contribution in [3.8, 4) is 0 Å². The molecular formula is C18H30N4O2. The second-order valence-electron chi connectivity index (χ2n) is 7.23. The molecule has 6 nitrogen and oxygen atoms in total. The van der Waals surface area contributed by atoms with Crippen molar-refractivity contribution in [3.63, 3.8) is 0 Å². The van der Waals surface area contributed by atoms with E-state index in [0.29, 0.717) is 0 Å². The van der Waals surface area contributed by atoms with Crippen LogP contribution in [0.3, 0.4) is 0 Å². The fraction of sp³-hybridized carbons (Fsp3) is 0.778. The van der Waals surface area contributed by atoms with Crippen LogP contribution in [0.15, 0.2) is 6.07 Å². The quantitative estimate of drug-likeness (QED) is 0.790. The highest BCUT2D eigenvalue weighted by Crippen LogP contribution is 2.31. The number of rotatable bonds is 7. The lowest BCUT2D eigenvalue weighted by atomic mass is 9.84. The molecule has 0 bridgehead atoms. The Hall–Kier alpha value is -1.24. The molecule has 0 aromatic carbocycles.